The van der Waals surface area contributed by atoms with Crippen molar-refractivity contribution in [3.63, 3.8) is 0 Å². The molecular weight excluding hydrogens is 357 g/mol. The number of halogens is 2. The third-order valence-electron chi connectivity index (χ3n) is 4.03. The van der Waals surface area contributed by atoms with Crippen LogP contribution in [-0.2, 0) is 4.74 Å². The Morgan fingerprint density at radius 3 is 2.84 bits per heavy atom. The predicted molar refractivity (Wildman–Crippen MR) is 104 cm³/mol. The van der Waals surface area contributed by atoms with Gasteiger partial charge in [-0.25, -0.2) is 5.84 Å². The quantitative estimate of drug-likeness (QED) is 0.442. The molecule has 0 spiro atoms. The average molecular weight is 380 g/mol. The minimum Gasteiger partial charge on any atom is -0.402 e. The molecule has 0 fully saturated rings. The highest BCUT2D eigenvalue weighted by molar-refractivity contribution is 6.35. The van der Waals surface area contributed by atoms with Gasteiger partial charge in [-0.3, -0.25) is 0 Å². The normalized spacial score (nSPS) is 20.2. The van der Waals surface area contributed by atoms with E-state index in [2.05, 4.69) is 18.1 Å². The highest BCUT2D eigenvalue weighted by atomic mass is 35.5. The summed E-state index contributed by atoms with van der Waals surface area (Å²) in [6.45, 7) is 0.602. The molecule has 0 saturated heterocycles. The van der Waals surface area contributed by atoms with Crippen molar-refractivity contribution in [1.29, 1.82) is 0 Å². The van der Waals surface area contributed by atoms with E-state index in [1.165, 1.54) is 0 Å². The van der Waals surface area contributed by atoms with Gasteiger partial charge >= 0.3 is 0 Å². The van der Waals surface area contributed by atoms with E-state index in [1.807, 2.05) is 6.07 Å². The molecule has 0 radical (unpaired) electrons. The van der Waals surface area contributed by atoms with E-state index in [-0.39, 0.29) is 12.7 Å². The monoisotopic (exact) mass is 379 g/mol. The number of hydrazine groups is 1. The first-order chi connectivity index (χ1) is 12.0. The van der Waals surface area contributed by atoms with Crippen LogP contribution in [0.2, 0.25) is 10.0 Å². The van der Waals surface area contributed by atoms with Crippen LogP contribution in [0.15, 0.2) is 41.7 Å². The molecular formula is C19H23Cl2N3O. The molecule has 0 saturated carbocycles. The number of rotatable bonds is 6. The number of nitrogens with zero attached hydrogens (tertiary/aromatic N) is 1. The molecule has 1 unspecified atom stereocenters. The Bertz CT molecular complexity index is 694. The minimum atomic E-state index is -0.356. The fourth-order valence-corrected chi connectivity index (χ4v) is 3.23. The fourth-order valence-electron chi connectivity index (χ4n) is 2.70. The van der Waals surface area contributed by atoms with E-state index in [1.54, 1.807) is 17.1 Å². The predicted octanol–water partition coefficient (Wildman–Crippen LogP) is 4.16. The summed E-state index contributed by atoms with van der Waals surface area (Å²) in [6.07, 6.45) is 12.6. The second-order valence-electron chi connectivity index (χ2n) is 5.89. The van der Waals surface area contributed by atoms with Gasteiger partial charge in [0.2, 0.25) is 0 Å². The van der Waals surface area contributed by atoms with Gasteiger partial charge in [0, 0.05) is 33.4 Å². The molecule has 6 heteroatoms. The molecule has 0 heterocycles. The Morgan fingerprint density at radius 1 is 1.32 bits per heavy atom. The maximum absolute atomic E-state index is 6.33. The lowest BCUT2D eigenvalue weighted by Crippen LogP contribution is -2.35. The third-order valence-corrected chi connectivity index (χ3v) is 4.59. The Hall–Kier alpha value is -1.64. The van der Waals surface area contributed by atoms with Crippen molar-refractivity contribution in [2.24, 2.45) is 11.6 Å². The maximum atomic E-state index is 6.33. The molecule has 0 aliphatic heterocycles. The third kappa shape index (κ3) is 5.98. The summed E-state index contributed by atoms with van der Waals surface area (Å²) in [4.78, 5) is 0. The van der Waals surface area contributed by atoms with Crippen LogP contribution in [0.5, 0.6) is 0 Å². The summed E-state index contributed by atoms with van der Waals surface area (Å²) >= 11 is 12.3. The van der Waals surface area contributed by atoms with Crippen molar-refractivity contribution in [2.75, 3.05) is 13.2 Å². The maximum Gasteiger partial charge on any atom is 0.108 e. The zero-order valence-electron chi connectivity index (χ0n) is 14.1. The van der Waals surface area contributed by atoms with Crippen LogP contribution in [-0.4, -0.2) is 18.2 Å². The van der Waals surface area contributed by atoms with E-state index < -0.39 is 0 Å². The molecule has 1 aromatic rings. The highest BCUT2D eigenvalue weighted by Crippen LogP contribution is 2.30. The fraction of sp³-hybridized carbons (Fsp3) is 0.368. The molecule has 1 aromatic carbocycles. The molecule has 134 valence electrons. The molecule has 1 aliphatic carbocycles. The summed E-state index contributed by atoms with van der Waals surface area (Å²) < 4.78 is 5.79. The molecule has 0 amide bonds. The number of ether oxygens (including phenoxy) is 1. The van der Waals surface area contributed by atoms with Gasteiger partial charge in [-0.2, -0.15) is 0 Å². The van der Waals surface area contributed by atoms with Crippen molar-refractivity contribution in [2.45, 2.75) is 31.8 Å². The van der Waals surface area contributed by atoms with Gasteiger partial charge in [0.25, 0.3) is 0 Å². The average Bonchev–Trinajstić information content (AvgIpc) is 2.55. The summed E-state index contributed by atoms with van der Waals surface area (Å²) in [7, 11) is 0. The van der Waals surface area contributed by atoms with Crippen LogP contribution < -0.4 is 11.6 Å². The second kappa shape index (κ2) is 9.74. The van der Waals surface area contributed by atoms with Gasteiger partial charge in [0.1, 0.15) is 12.7 Å². The summed E-state index contributed by atoms with van der Waals surface area (Å²) in [5, 5.41) is 2.80. The molecule has 1 atom stereocenters. The highest BCUT2D eigenvalue weighted by Gasteiger charge is 2.20. The van der Waals surface area contributed by atoms with E-state index in [9.17, 15) is 0 Å². The first-order valence-electron chi connectivity index (χ1n) is 8.17. The lowest BCUT2D eigenvalue weighted by Gasteiger charge is -2.28. The molecule has 25 heavy (non-hydrogen) atoms. The summed E-state index contributed by atoms with van der Waals surface area (Å²) in [5.74, 6) is 8.79. The van der Waals surface area contributed by atoms with Crippen molar-refractivity contribution in [1.82, 2.24) is 5.01 Å². The number of hydrogen-bond acceptors (Lipinski definition) is 4. The molecule has 4 nitrogen and oxygen atoms in total. The van der Waals surface area contributed by atoms with E-state index in [0.717, 1.165) is 36.2 Å². The van der Waals surface area contributed by atoms with Crippen LogP contribution in [0, 0.1) is 12.3 Å². The number of benzene rings is 1. The van der Waals surface area contributed by atoms with Gasteiger partial charge < -0.3 is 15.5 Å². The number of nitrogens with two attached hydrogens (primary N) is 2. The number of allylic oxidation sites excluding steroid dienone is 3. The van der Waals surface area contributed by atoms with Gasteiger partial charge in [-0.1, -0.05) is 47.3 Å². The largest absolute Gasteiger partial charge is 0.402 e. The van der Waals surface area contributed by atoms with Crippen molar-refractivity contribution >= 4 is 23.2 Å². The Labute approximate surface area is 159 Å². The second-order valence-corrected chi connectivity index (χ2v) is 6.74. The van der Waals surface area contributed by atoms with Crippen LogP contribution in [0.1, 0.15) is 37.4 Å². The molecule has 0 aromatic heterocycles. The minimum absolute atomic E-state index is 0.173. The van der Waals surface area contributed by atoms with Crippen LogP contribution in [0.3, 0.4) is 0 Å². The van der Waals surface area contributed by atoms with E-state index in [4.69, 9.17) is 45.9 Å². The van der Waals surface area contributed by atoms with Crippen LogP contribution >= 0.6 is 23.2 Å². The molecule has 2 rings (SSSR count). The standard InChI is InChI=1S/C19H23Cl2N3O/c1-2-11-25-19(17-10-7-14(20)12-18(17)21)13-24(23)16-6-4-3-5-15(22)8-9-16/h1,5,7,9-10,12,19H,3-4,6,8,11,13,22-23H2/b15-5-,16-9+. The topological polar surface area (TPSA) is 64.5 Å². The Morgan fingerprint density at radius 2 is 2.12 bits per heavy atom. The van der Waals surface area contributed by atoms with Gasteiger partial charge in [-0.05, 0) is 31.4 Å². The first kappa shape index (κ1) is 19.7. The van der Waals surface area contributed by atoms with Crippen molar-refractivity contribution < 1.29 is 4.74 Å². The molecule has 4 N–H and O–H groups in total. The number of hydrogen-bond donors (Lipinski definition) is 2. The lowest BCUT2D eigenvalue weighted by molar-refractivity contribution is 0.0519. The summed E-state index contributed by atoms with van der Waals surface area (Å²) in [6, 6.07) is 5.30. The van der Waals surface area contributed by atoms with Crippen LogP contribution in [0.25, 0.3) is 0 Å². The number of terminal acetylenes is 1. The zero-order chi connectivity index (χ0) is 18.2. The van der Waals surface area contributed by atoms with E-state index in [0.29, 0.717) is 23.0 Å². The van der Waals surface area contributed by atoms with Crippen molar-refractivity contribution in [3.8, 4) is 12.3 Å². The Kier molecular flexibility index (Phi) is 7.67. The SMILES string of the molecule is C#CCOC(CN(N)/C1=C/C/C(N)=C/CCC1)c1ccc(Cl)cc1Cl. The first-order valence-corrected chi connectivity index (χ1v) is 8.92. The van der Waals surface area contributed by atoms with Gasteiger partial charge in [0.05, 0.1) is 6.54 Å². The Balaban J connectivity index is 2.16. The van der Waals surface area contributed by atoms with Gasteiger partial charge in [-0.15, -0.1) is 6.42 Å². The van der Waals surface area contributed by atoms with Crippen molar-refractivity contribution in [3.05, 3.63) is 57.4 Å². The molecule has 1 aliphatic rings. The summed E-state index contributed by atoms with van der Waals surface area (Å²) in [5.41, 5.74) is 8.65. The van der Waals surface area contributed by atoms with Crippen LogP contribution in [0.4, 0.5) is 0 Å². The zero-order valence-corrected chi connectivity index (χ0v) is 15.6. The smallest absolute Gasteiger partial charge is 0.108 e. The molecule has 0 bridgehead atoms. The van der Waals surface area contributed by atoms with Gasteiger partial charge in [0.15, 0.2) is 0 Å². The lowest BCUT2D eigenvalue weighted by atomic mass is 10.1. The van der Waals surface area contributed by atoms with E-state index >= 15 is 0 Å².